The lowest BCUT2D eigenvalue weighted by Crippen LogP contribution is -2.05. The molecule has 7 heavy (non-hydrogen) atoms. The van der Waals surface area contributed by atoms with Crippen LogP contribution in [0.2, 0.25) is 0 Å². The summed E-state index contributed by atoms with van der Waals surface area (Å²) in [5, 5.41) is 11.7. The van der Waals surface area contributed by atoms with Gasteiger partial charge in [-0.25, -0.2) is 0 Å². The number of hydrogen-bond acceptors (Lipinski definition) is 3. The average molecular weight is 119 g/mol. The van der Waals surface area contributed by atoms with E-state index >= 15 is 0 Å². The third kappa shape index (κ3) is 3.48. The molecule has 0 aromatic carbocycles. The fourth-order valence-electron chi connectivity index (χ4n) is 0.238. The van der Waals surface area contributed by atoms with Crippen LogP contribution in [0.3, 0.4) is 0 Å². The molecule has 0 spiro atoms. The van der Waals surface area contributed by atoms with Crippen molar-refractivity contribution in [1.29, 1.82) is 0 Å². The van der Waals surface area contributed by atoms with E-state index in [-0.39, 0.29) is 0 Å². The molecular weight excluding hydrogens is 110 g/mol. The van der Waals surface area contributed by atoms with E-state index in [0.717, 1.165) is 5.33 Å². The van der Waals surface area contributed by atoms with Crippen LogP contribution in [0.1, 0.15) is 6.92 Å². The Morgan fingerprint density at radius 1 is 1.86 bits per heavy atom. The van der Waals surface area contributed by atoms with Gasteiger partial charge >= 0.3 is 0 Å². The van der Waals surface area contributed by atoms with Crippen LogP contribution in [0.25, 0.3) is 0 Å². The molecule has 0 saturated heterocycles. The van der Waals surface area contributed by atoms with Gasteiger partial charge in [-0.05, 0) is 6.92 Å². The van der Waals surface area contributed by atoms with Crippen LogP contribution in [0.4, 0.5) is 0 Å². The van der Waals surface area contributed by atoms with E-state index in [1.54, 1.807) is 14.0 Å². The molecule has 4 heteroatoms. The van der Waals surface area contributed by atoms with Crippen LogP contribution >= 0.6 is 0 Å². The summed E-state index contributed by atoms with van der Waals surface area (Å²) < 4.78 is 4.74. The molecule has 0 saturated carbocycles. The second-order valence-corrected chi connectivity index (χ2v) is 3.16. The highest BCUT2D eigenvalue weighted by Crippen LogP contribution is 1.68. The molecule has 0 aliphatic heterocycles. The van der Waals surface area contributed by atoms with Gasteiger partial charge in [0, 0.05) is 7.11 Å². The summed E-state index contributed by atoms with van der Waals surface area (Å²) in [6, 6.07) is 0. The van der Waals surface area contributed by atoms with Crippen molar-refractivity contribution < 1.29 is 9.63 Å². The number of hydrogen-bond donors (Lipinski definition) is 1. The molecule has 0 radical (unpaired) electrons. The first-order valence-electron chi connectivity index (χ1n) is 1.97. The molecule has 0 fully saturated rings. The van der Waals surface area contributed by atoms with Crippen LogP contribution in [-0.4, -0.2) is 27.4 Å². The van der Waals surface area contributed by atoms with Crippen LogP contribution in [0, 0.1) is 0 Å². The quantitative estimate of drug-likeness (QED) is 0.231. The van der Waals surface area contributed by atoms with E-state index in [2.05, 4.69) is 5.16 Å². The Balaban J connectivity index is 3.17. The lowest BCUT2D eigenvalue weighted by Gasteiger charge is -1.89. The van der Waals surface area contributed by atoms with Crippen molar-refractivity contribution in [2.75, 3.05) is 7.11 Å². The van der Waals surface area contributed by atoms with E-state index < -0.39 is 9.76 Å². The Morgan fingerprint density at radius 2 is 2.43 bits per heavy atom. The highest BCUT2D eigenvalue weighted by molar-refractivity contribution is 6.70. The number of nitrogens with zero attached hydrogens (tertiary/aromatic N) is 1. The summed E-state index contributed by atoms with van der Waals surface area (Å²) in [6.07, 6.45) is 0. The zero-order valence-electron chi connectivity index (χ0n) is 4.51. The molecule has 1 N–H and O–H groups in total. The Bertz CT molecular complexity index is 73.3. The van der Waals surface area contributed by atoms with Crippen molar-refractivity contribution in [3.05, 3.63) is 0 Å². The summed E-state index contributed by atoms with van der Waals surface area (Å²) in [4.78, 5) is 0. The topological polar surface area (TPSA) is 41.8 Å². The van der Waals surface area contributed by atoms with Crippen molar-refractivity contribution in [3.63, 3.8) is 0 Å². The minimum absolute atomic E-state index is 0.654. The molecule has 0 aliphatic carbocycles. The lowest BCUT2D eigenvalue weighted by atomic mass is 10.9. The summed E-state index contributed by atoms with van der Waals surface area (Å²) in [5.41, 5.74) is 0. The predicted octanol–water partition coefficient (Wildman–Crippen LogP) is -0.476. The highest BCUT2D eigenvalue weighted by atomic mass is 28.2. The Hall–Kier alpha value is -0.353. The van der Waals surface area contributed by atoms with Gasteiger partial charge in [0.2, 0.25) is 9.76 Å². The molecular formula is C3H9NO2Si. The third-order valence-electron chi connectivity index (χ3n) is 0.524. The third-order valence-corrected chi connectivity index (χ3v) is 1.37. The first-order chi connectivity index (χ1) is 3.31. The van der Waals surface area contributed by atoms with Gasteiger partial charge in [0.1, 0.15) is 0 Å². The SMILES string of the molecule is CO[SiH2]C(C)=NO. The van der Waals surface area contributed by atoms with Crippen LogP contribution < -0.4 is 0 Å². The van der Waals surface area contributed by atoms with Crippen LogP contribution in [0.15, 0.2) is 5.16 Å². The van der Waals surface area contributed by atoms with Gasteiger partial charge in [-0.15, -0.1) is 5.16 Å². The van der Waals surface area contributed by atoms with Gasteiger partial charge < -0.3 is 9.63 Å². The molecule has 3 nitrogen and oxygen atoms in total. The van der Waals surface area contributed by atoms with Gasteiger partial charge in [-0.2, -0.15) is 0 Å². The van der Waals surface area contributed by atoms with Crippen molar-refractivity contribution in [2.45, 2.75) is 6.92 Å². The van der Waals surface area contributed by atoms with Gasteiger partial charge in [-0.1, -0.05) is 0 Å². The molecule has 0 atom stereocenters. The van der Waals surface area contributed by atoms with Gasteiger partial charge in [-0.3, -0.25) is 0 Å². The van der Waals surface area contributed by atoms with E-state index in [1.807, 2.05) is 0 Å². The molecule has 0 aromatic rings. The monoisotopic (exact) mass is 119 g/mol. The zero-order chi connectivity index (χ0) is 5.70. The summed E-state index contributed by atoms with van der Waals surface area (Å²) in [6.45, 7) is 1.75. The first-order valence-corrected chi connectivity index (χ1v) is 3.26. The minimum atomic E-state index is -0.654. The summed E-state index contributed by atoms with van der Waals surface area (Å²) in [7, 11) is 0.958. The second kappa shape index (κ2) is 3.82. The second-order valence-electron chi connectivity index (χ2n) is 1.27. The Morgan fingerprint density at radius 3 is 2.57 bits per heavy atom. The predicted molar refractivity (Wildman–Crippen MR) is 30.4 cm³/mol. The first kappa shape index (κ1) is 6.65. The Labute approximate surface area is 44.9 Å². The largest absolute Gasteiger partial charge is 0.420 e. The molecule has 0 unspecified atom stereocenters. The number of rotatable bonds is 2. The van der Waals surface area contributed by atoms with Crippen molar-refractivity contribution in [3.8, 4) is 0 Å². The van der Waals surface area contributed by atoms with Crippen LogP contribution in [-0.2, 0) is 4.43 Å². The van der Waals surface area contributed by atoms with Gasteiger partial charge in [0.25, 0.3) is 0 Å². The lowest BCUT2D eigenvalue weighted by molar-refractivity contribution is 0.319. The molecule has 0 amide bonds. The summed E-state index contributed by atoms with van der Waals surface area (Å²) >= 11 is 0. The van der Waals surface area contributed by atoms with E-state index in [0.29, 0.717) is 0 Å². The molecule has 0 rings (SSSR count). The van der Waals surface area contributed by atoms with E-state index in [1.165, 1.54) is 0 Å². The van der Waals surface area contributed by atoms with E-state index in [9.17, 15) is 0 Å². The zero-order valence-corrected chi connectivity index (χ0v) is 5.92. The summed E-state index contributed by atoms with van der Waals surface area (Å²) in [5.74, 6) is 0. The van der Waals surface area contributed by atoms with E-state index in [4.69, 9.17) is 9.63 Å². The molecule has 0 aliphatic rings. The smallest absolute Gasteiger partial charge is 0.210 e. The molecule has 0 aromatic heterocycles. The molecule has 0 heterocycles. The average Bonchev–Trinajstić information content (AvgIpc) is 1.68. The minimum Gasteiger partial charge on any atom is -0.420 e. The maximum absolute atomic E-state index is 8.01. The standard InChI is InChI=1S/C3H9NO2Si/c1-3(4-5)7-6-2/h5H,7H2,1-2H3. The molecule has 42 valence electrons. The van der Waals surface area contributed by atoms with Gasteiger partial charge in [0.15, 0.2) is 0 Å². The molecule has 0 bridgehead atoms. The maximum atomic E-state index is 8.01. The number of oxime groups is 1. The fourth-order valence-corrected chi connectivity index (χ4v) is 0.713. The van der Waals surface area contributed by atoms with Crippen molar-refractivity contribution in [2.24, 2.45) is 5.16 Å². The highest BCUT2D eigenvalue weighted by Gasteiger charge is 1.86. The van der Waals surface area contributed by atoms with Crippen molar-refractivity contribution >= 4 is 15.1 Å². The van der Waals surface area contributed by atoms with Crippen LogP contribution in [0.5, 0.6) is 0 Å². The Kier molecular flexibility index (Phi) is 3.63. The van der Waals surface area contributed by atoms with Gasteiger partial charge in [0.05, 0.1) is 5.33 Å². The maximum Gasteiger partial charge on any atom is 0.210 e. The van der Waals surface area contributed by atoms with Crippen molar-refractivity contribution in [1.82, 2.24) is 0 Å². The fraction of sp³-hybridized carbons (Fsp3) is 0.667. The normalized spacial score (nSPS) is 13.7.